The minimum absolute atomic E-state index is 0.0384. The van der Waals surface area contributed by atoms with E-state index in [4.69, 9.17) is 4.74 Å². The molecule has 0 radical (unpaired) electrons. The second-order valence-electron chi connectivity index (χ2n) is 10.3. The molecule has 7 nitrogen and oxygen atoms in total. The van der Waals surface area contributed by atoms with Crippen LogP contribution in [0.2, 0.25) is 0 Å². The Hall–Kier alpha value is -3.35. The van der Waals surface area contributed by atoms with Gasteiger partial charge in [0.2, 0.25) is 5.91 Å². The lowest BCUT2D eigenvalue weighted by Gasteiger charge is -2.52. The van der Waals surface area contributed by atoms with Crippen LogP contribution in [0.3, 0.4) is 0 Å². The summed E-state index contributed by atoms with van der Waals surface area (Å²) in [5, 5.41) is 12.4. The van der Waals surface area contributed by atoms with Crippen LogP contribution in [0.25, 0.3) is 11.1 Å². The second kappa shape index (κ2) is 10.1. The summed E-state index contributed by atoms with van der Waals surface area (Å²) in [7, 11) is 0. The molecule has 7 heteroatoms. The predicted molar refractivity (Wildman–Crippen MR) is 133 cm³/mol. The Kier molecular flexibility index (Phi) is 7.15. The Morgan fingerprint density at radius 3 is 2.23 bits per heavy atom. The van der Waals surface area contributed by atoms with Crippen molar-refractivity contribution in [3.63, 3.8) is 0 Å². The summed E-state index contributed by atoms with van der Waals surface area (Å²) >= 11 is 0. The number of carboxylic acids is 1. The Morgan fingerprint density at radius 1 is 1.09 bits per heavy atom. The first-order valence-electron chi connectivity index (χ1n) is 12.4. The number of nitrogens with one attached hydrogen (secondary N) is 1. The molecule has 2 unspecified atom stereocenters. The van der Waals surface area contributed by atoms with Gasteiger partial charge in [0.25, 0.3) is 0 Å². The SMILES string of the molecule is CCCCC(CC(=O)N1CC(C)(C)C1C(=O)O)NC(=O)OCC1c2ccccc2-c2ccccc21. The standard InChI is InChI=1S/C28H34N2O5/c1-4-5-10-18(15-24(31)30-17-28(2,3)25(30)26(32)33)29-27(34)35-16-23-21-13-8-6-11-19(21)20-12-7-9-14-22(20)23/h6-9,11-14,18,23,25H,4-5,10,15-17H2,1-3H3,(H,29,34)(H,32,33). The lowest BCUT2D eigenvalue weighted by atomic mass is 9.74. The molecule has 0 saturated carbocycles. The third-order valence-corrected chi connectivity index (χ3v) is 7.18. The number of unbranched alkanes of at least 4 members (excludes halogenated alkanes) is 1. The highest BCUT2D eigenvalue weighted by atomic mass is 16.5. The molecule has 186 valence electrons. The van der Waals surface area contributed by atoms with E-state index in [1.54, 1.807) is 0 Å². The van der Waals surface area contributed by atoms with Crippen LogP contribution >= 0.6 is 0 Å². The number of benzene rings is 2. The number of carbonyl (C=O) groups excluding carboxylic acids is 2. The van der Waals surface area contributed by atoms with E-state index in [9.17, 15) is 19.5 Å². The topological polar surface area (TPSA) is 95.9 Å². The third kappa shape index (κ3) is 5.04. The van der Waals surface area contributed by atoms with Crippen LogP contribution in [-0.4, -0.2) is 53.2 Å². The molecule has 4 rings (SSSR count). The van der Waals surface area contributed by atoms with Crippen molar-refractivity contribution in [2.75, 3.05) is 13.2 Å². The van der Waals surface area contributed by atoms with E-state index < -0.39 is 29.6 Å². The van der Waals surface area contributed by atoms with Crippen molar-refractivity contribution in [1.29, 1.82) is 0 Å². The molecule has 35 heavy (non-hydrogen) atoms. The van der Waals surface area contributed by atoms with Gasteiger partial charge in [-0.25, -0.2) is 9.59 Å². The van der Waals surface area contributed by atoms with Crippen molar-refractivity contribution in [2.45, 2.75) is 64.5 Å². The number of rotatable bonds is 9. The van der Waals surface area contributed by atoms with E-state index in [0.717, 1.165) is 35.1 Å². The summed E-state index contributed by atoms with van der Waals surface area (Å²) in [6.07, 6.45) is 1.89. The van der Waals surface area contributed by atoms with Crippen molar-refractivity contribution < 1.29 is 24.2 Å². The maximum Gasteiger partial charge on any atom is 0.407 e. The van der Waals surface area contributed by atoms with Gasteiger partial charge < -0.3 is 20.1 Å². The van der Waals surface area contributed by atoms with E-state index in [0.29, 0.717) is 13.0 Å². The van der Waals surface area contributed by atoms with E-state index >= 15 is 0 Å². The summed E-state index contributed by atoms with van der Waals surface area (Å²) in [6.45, 7) is 6.34. The number of ether oxygens (including phenoxy) is 1. The number of amides is 2. The number of fused-ring (bicyclic) bond motifs is 3. The average molecular weight is 479 g/mol. The maximum atomic E-state index is 12.9. The number of carbonyl (C=O) groups is 3. The normalized spacial score (nSPS) is 18.7. The molecule has 1 fully saturated rings. The number of likely N-dealkylation sites (tertiary alicyclic amines) is 1. The van der Waals surface area contributed by atoms with Crippen LogP contribution in [0.5, 0.6) is 0 Å². The number of carboxylic acid groups (broad SMARTS) is 1. The minimum Gasteiger partial charge on any atom is -0.480 e. The highest BCUT2D eigenvalue weighted by Crippen LogP contribution is 2.44. The third-order valence-electron chi connectivity index (χ3n) is 7.18. The van der Waals surface area contributed by atoms with E-state index in [1.165, 1.54) is 4.90 Å². The number of nitrogens with zero attached hydrogens (tertiary/aromatic N) is 1. The van der Waals surface area contributed by atoms with Crippen LogP contribution in [0.1, 0.15) is 63.5 Å². The van der Waals surface area contributed by atoms with Crippen LogP contribution in [0.4, 0.5) is 4.79 Å². The number of alkyl carbamates (subject to hydrolysis) is 1. The van der Waals surface area contributed by atoms with Crippen molar-refractivity contribution in [3.05, 3.63) is 59.7 Å². The molecular weight excluding hydrogens is 444 g/mol. The van der Waals surface area contributed by atoms with E-state index in [1.807, 2.05) is 45.0 Å². The molecule has 2 N–H and O–H groups in total. The summed E-state index contributed by atoms with van der Waals surface area (Å²) in [6, 6.07) is 15.1. The van der Waals surface area contributed by atoms with Crippen LogP contribution in [0.15, 0.2) is 48.5 Å². The van der Waals surface area contributed by atoms with Gasteiger partial charge in [0.05, 0.1) is 0 Å². The predicted octanol–water partition coefficient (Wildman–Crippen LogP) is 4.80. The fourth-order valence-corrected chi connectivity index (χ4v) is 5.44. The zero-order valence-corrected chi connectivity index (χ0v) is 20.6. The number of hydrogen-bond donors (Lipinski definition) is 2. The molecule has 1 heterocycles. The first-order valence-corrected chi connectivity index (χ1v) is 12.4. The Bertz CT molecular complexity index is 1070. The molecule has 2 aromatic carbocycles. The quantitative estimate of drug-likeness (QED) is 0.540. The highest BCUT2D eigenvalue weighted by molar-refractivity contribution is 5.87. The lowest BCUT2D eigenvalue weighted by Crippen LogP contribution is -2.67. The van der Waals surface area contributed by atoms with Crippen LogP contribution in [-0.2, 0) is 14.3 Å². The molecular formula is C28H34N2O5. The molecule has 2 atom stereocenters. The smallest absolute Gasteiger partial charge is 0.407 e. The molecule has 2 aliphatic rings. The Labute approximate surface area is 206 Å². The zero-order valence-electron chi connectivity index (χ0n) is 20.6. The van der Waals surface area contributed by atoms with E-state index in [-0.39, 0.29) is 24.9 Å². The van der Waals surface area contributed by atoms with Gasteiger partial charge >= 0.3 is 12.1 Å². The molecule has 1 aliphatic heterocycles. The molecule has 2 amide bonds. The number of hydrogen-bond acceptors (Lipinski definition) is 4. The van der Waals surface area contributed by atoms with Crippen LogP contribution in [0, 0.1) is 5.41 Å². The summed E-state index contributed by atoms with van der Waals surface area (Å²) in [5.74, 6) is -1.29. The van der Waals surface area contributed by atoms with E-state index in [2.05, 4.69) is 29.6 Å². The van der Waals surface area contributed by atoms with Gasteiger partial charge in [-0.3, -0.25) is 4.79 Å². The summed E-state index contributed by atoms with van der Waals surface area (Å²) in [4.78, 5) is 38.7. The van der Waals surface area contributed by atoms with Gasteiger partial charge in [-0.15, -0.1) is 0 Å². The monoisotopic (exact) mass is 478 g/mol. The van der Waals surface area contributed by atoms with Gasteiger partial charge in [0.1, 0.15) is 12.6 Å². The zero-order chi connectivity index (χ0) is 25.2. The van der Waals surface area contributed by atoms with Gasteiger partial charge in [0.15, 0.2) is 0 Å². The number of aliphatic carboxylic acids is 1. The van der Waals surface area contributed by atoms with Crippen molar-refractivity contribution in [1.82, 2.24) is 10.2 Å². The highest BCUT2D eigenvalue weighted by Gasteiger charge is 2.52. The fraction of sp³-hybridized carbons (Fsp3) is 0.464. The fourth-order valence-electron chi connectivity index (χ4n) is 5.44. The second-order valence-corrected chi connectivity index (χ2v) is 10.3. The largest absolute Gasteiger partial charge is 0.480 e. The Morgan fingerprint density at radius 2 is 1.69 bits per heavy atom. The molecule has 0 spiro atoms. The van der Waals surface area contributed by atoms with Gasteiger partial charge in [-0.05, 0) is 28.7 Å². The van der Waals surface area contributed by atoms with Gasteiger partial charge in [-0.1, -0.05) is 82.1 Å². The Balaban J connectivity index is 1.38. The van der Waals surface area contributed by atoms with Crippen molar-refractivity contribution in [3.8, 4) is 11.1 Å². The summed E-state index contributed by atoms with van der Waals surface area (Å²) < 4.78 is 5.66. The first-order chi connectivity index (χ1) is 16.7. The molecule has 0 bridgehead atoms. The van der Waals surface area contributed by atoms with Crippen molar-refractivity contribution in [2.24, 2.45) is 5.41 Å². The molecule has 1 saturated heterocycles. The first kappa shape index (κ1) is 24.8. The van der Waals surface area contributed by atoms with Gasteiger partial charge in [-0.2, -0.15) is 0 Å². The summed E-state index contributed by atoms with van der Waals surface area (Å²) in [5.41, 5.74) is 4.14. The maximum absolute atomic E-state index is 12.9. The lowest BCUT2D eigenvalue weighted by molar-refractivity contribution is -0.172. The molecule has 2 aromatic rings. The average Bonchev–Trinajstić information content (AvgIpc) is 3.13. The minimum atomic E-state index is -0.996. The molecule has 1 aliphatic carbocycles. The van der Waals surface area contributed by atoms with Gasteiger partial charge in [0, 0.05) is 30.3 Å². The van der Waals surface area contributed by atoms with Crippen LogP contribution < -0.4 is 5.32 Å². The van der Waals surface area contributed by atoms with Crippen molar-refractivity contribution >= 4 is 18.0 Å². The molecule has 0 aromatic heterocycles.